The quantitative estimate of drug-likeness (QED) is 0.438. The van der Waals surface area contributed by atoms with Gasteiger partial charge in [0.1, 0.15) is 0 Å². The van der Waals surface area contributed by atoms with Gasteiger partial charge < -0.3 is 15.4 Å². The van der Waals surface area contributed by atoms with E-state index in [0.29, 0.717) is 24.5 Å². The van der Waals surface area contributed by atoms with E-state index in [9.17, 15) is 4.79 Å². The number of benzene rings is 2. The highest BCUT2D eigenvalue weighted by atomic mass is 16.5. The van der Waals surface area contributed by atoms with Crippen LogP contribution in [-0.4, -0.2) is 37.1 Å². The maximum atomic E-state index is 12.5. The van der Waals surface area contributed by atoms with E-state index in [4.69, 9.17) is 10.5 Å². The average Bonchev–Trinajstić information content (AvgIpc) is 2.72. The predicted molar refractivity (Wildman–Crippen MR) is 109 cm³/mol. The third kappa shape index (κ3) is 3.68. The molecule has 2 heterocycles. The van der Waals surface area contributed by atoms with Crippen LogP contribution in [0.25, 0.3) is 17.0 Å². The maximum absolute atomic E-state index is 12.5. The van der Waals surface area contributed by atoms with Crippen LogP contribution in [-0.2, 0) is 4.74 Å². The van der Waals surface area contributed by atoms with Gasteiger partial charge in [-0.25, -0.2) is 0 Å². The normalized spacial score (nSPS) is 14.7. The molecule has 1 saturated heterocycles. The Morgan fingerprint density at radius 2 is 1.81 bits per heavy atom. The predicted octanol–water partition coefficient (Wildman–Crippen LogP) is 3.55. The number of hydrogen-bond donors (Lipinski definition) is 1. The van der Waals surface area contributed by atoms with Crippen molar-refractivity contribution in [1.82, 2.24) is 4.98 Å². The van der Waals surface area contributed by atoms with Crippen molar-refractivity contribution in [3.8, 4) is 0 Å². The third-order valence-electron chi connectivity index (χ3n) is 4.71. The molecule has 3 aromatic rings. The molecule has 0 unspecified atom stereocenters. The van der Waals surface area contributed by atoms with Gasteiger partial charge in [0, 0.05) is 41.5 Å². The number of nitrogens with two attached hydrogens (primary N) is 1. The molecule has 5 nitrogen and oxygen atoms in total. The van der Waals surface area contributed by atoms with Crippen LogP contribution in [0.15, 0.2) is 60.8 Å². The highest BCUT2D eigenvalue weighted by Gasteiger charge is 2.17. The number of carbonyl (C=O) groups excluding carboxylic acids is 1. The summed E-state index contributed by atoms with van der Waals surface area (Å²) in [4.78, 5) is 19.4. The van der Waals surface area contributed by atoms with E-state index in [1.165, 1.54) is 0 Å². The molecule has 4 rings (SSSR count). The van der Waals surface area contributed by atoms with Crippen LogP contribution in [0.2, 0.25) is 0 Å². The van der Waals surface area contributed by atoms with Gasteiger partial charge in [0.15, 0.2) is 5.78 Å². The third-order valence-corrected chi connectivity index (χ3v) is 4.71. The van der Waals surface area contributed by atoms with E-state index in [0.717, 1.165) is 35.2 Å². The summed E-state index contributed by atoms with van der Waals surface area (Å²) in [5.41, 5.74) is 9.93. The number of rotatable bonds is 4. The van der Waals surface area contributed by atoms with Gasteiger partial charge in [-0.2, -0.15) is 0 Å². The Balaban J connectivity index is 1.72. The molecular weight excluding hydrogens is 338 g/mol. The van der Waals surface area contributed by atoms with Crippen LogP contribution in [0.3, 0.4) is 0 Å². The summed E-state index contributed by atoms with van der Waals surface area (Å²) in [7, 11) is 0. The summed E-state index contributed by atoms with van der Waals surface area (Å²) < 4.78 is 5.50. The summed E-state index contributed by atoms with van der Waals surface area (Å²) in [5.74, 6) is -0.0592. The van der Waals surface area contributed by atoms with Crippen molar-refractivity contribution in [2.24, 2.45) is 0 Å². The van der Waals surface area contributed by atoms with Crippen LogP contribution >= 0.6 is 0 Å². The molecule has 0 amide bonds. The Labute approximate surface area is 158 Å². The van der Waals surface area contributed by atoms with Crippen LogP contribution < -0.4 is 10.6 Å². The molecule has 0 radical (unpaired) electrons. The number of para-hydroxylation sites is 1. The number of ketones is 1. The van der Waals surface area contributed by atoms with E-state index >= 15 is 0 Å². The van der Waals surface area contributed by atoms with Crippen molar-refractivity contribution >= 4 is 34.1 Å². The lowest BCUT2D eigenvalue weighted by atomic mass is 10.1. The minimum Gasteiger partial charge on any atom is -0.399 e. The molecule has 0 aliphatic carbocycles. The molecule has 1 aromatic heterocycles. The zero-order chi connectivity index (χ0) is 18.6. The Kier molecular flexibility index (Phi) is 4.85. The van der Waals surface area contributed by atoms with Crippen molar-refractivity contribution in [1.29, 1.82) is 0 Å². The van der Waals surface area contributed by atoms with E-state index in [1.807, 2.05) is 30.5 Å². The summed E-state index contributed by atoms with van der Waals surface area (Å²) in [6.45, 7) is 3.04. The number of pyridine rings is 1. The lowest BCUT2D eigenvalue weighted by Gasteiger charge is -2.31. The number of anilines is 2. The van der Waals surface area contributed by atoms with E-state index in [2.05, 4.69) is 16.0 Å². The first-order valence-electron chi connectivity index (χ1n) is 9.01. The van der Waals surface area contributed by atoms with E-state index < -0.39 is 0 Å². The van der Waals surface area contributed by atoms with Gasteiger partial charge in [0.25, 0.3) is 0 Å². The van der Waals surface area contributed by atoms with Gasteiger partial charge in [0.2, 0.25) is 0 Å². The van der Waals surface area contributed by atoms with Gasteiger partial charge >= 0.3 is 0 Å². The molecule has 0 saturated carbocycles. The Morgan fingerprint density at radius 3 is 2.59 bits per heavy atom. The topological polar surface area (TPSA) is 68.5 Å². The molecule has 2 N–H and O–H groups in total. The minimum atomic E-state index is -0.0592. The highest BCUT2D eigenvalue weighted by Crippen LogP contribution is 2.31. The molecule has 0 bridgehead atoms. The molecule has 0 spiro atoms. The number of carbonyl (C=O) groups is 1. The van der Waals surface area contributed by atoms with Gasteiger partial charge in [-0.1, -0.05) is 18.2 Å². The number of fused-ring (bicyclic) bond motifs is 1. The number of ether oxygens (including phenoxy) is 1. The monoisotopic (exact) mass is 359 g/mol. The fourth-order valence-corrected chi connectivity index (χ4v) is 3.31. The van der Waals surface area contributed by atoms with Gasteiger partial charge in [-0.3, -0.25) is 9.78 Å². The van der Waals surface area contributed by atoms with Crippen LogP contribution in [0, 0.1) is 0 Å². The summed E-state index contributed by atoms with van der Waals surface area (Å²) >= 11 is 0. The molecule has 1 fully saturated rings. The second-order valence-corrected chi connectivity index (χ2v) is 6.50. The van der Waals surface area contributed by atoms with Crippen LogP contribution in [0.5, 0.6) is 0 Å². The summed E-state index contributed by atoms with van der Waals surface area (Å²) in [6, 6.07) is 15.0. The average molecular weight is 359 g/mol. The van der Waals surface area contributed by atoms with Gasteiger partial charge in [-0.05, 0) is 42.5 Å². The standard InChI is InChI=1S/C22H21N3O2/c23-18-8-5-16(6-9-18)21(26)10-7-17-15-24-20-4-2-1-3-19(20)22(17)25-11-13-27-14-12-25/h1-10,15H,11-14,23H2. The Hall–Kier alpha value is -3.18. The minimum absolute atomic E-state index is 0.0592. The number of allylic oxidation sites excluding steroid dienone is 1. The number of morpholine rings is 1. The SMILES string of the molecule is Nc1ccc(C(=O)C=Cc2cnc3ccccc3c2N2CCOCC2)cc1. The molecule has 1 aliphatic heterocycles. The van der Waals surface area contributed by atoms with Crippen LogP contribution in [0.1, 0.15) is 15.9 Å². The van der Waals surface area contributed by atoms with Gasteiger partial charge in [0.05, 0.1) is 24.4 Å². The maximum Gasteiger partial charge on any atom is 0.185 e. The van der Waals surface area contributed by atoms with E-state index in [1.54, 1.807) is 30.3 Å². The largest absolute Gasteiger partial charge is 0.399 e. The van der Waals surface area contributed by atoms with Crippen molar-refractivity contribution in [2.45, 2.75) is 0 Å². The molecule has 1 aliphatic rings. The number of nitrogen functional groups attached to an aromatic ring is 1. The number of nitrogens with zero attached hydrogens (tertiary/aromatic N) is 2. The van der Waals surface area contributed by atoms with Crippen molar-refractivity contribution in [3.63, 3.8) is 0 Å². The Morgan fingerprint density at radius 1 is 1.07 bits per heavy atom. The fraction of sp³-hybridized carbons (Fsp3) is 0.182. The lowest BCUT2D eigenvalue weighted by Crippen LogP contribution is -2.36. The number of aromatic nitrogens is 1. The zero-order valence-corrected chi connectivity index (χ0v) is 15.0. The van der Waals surface area contributed by atoms with Crippen molar-refractivity contribution in [2.75, 3.05) is 36.9 Å². The molecule has 0 atom stereocenters. The van der Waals surface area contributed by atoms with Crippen molar-refractivity contribution < 1.29 is 9.53 Å². The number of hydrogen-bond acceptors (Lipinski definition) is 5. The second-order valence-electron chi connectivity index (χ2n) is 6.50. The summed E-state index contributed by atoms with van der Waals surface area (Å²) in [6.07, 6.45) is 5.28. The Bertz CT molecular complexity index is 990. The molecular formula is C22H21N3O2. The first-order valence-corrected chi connectivity index (χ1v) is 9.01. The molecule has 5 heteroatoms. The zero-order valence-electron chi connectivity index (χ0n) is 15.0. The van der Waals surface area contributed by atoms with Crippen LogP contribution in [0.4, 0.5) is 11.4 Å². The van der Waals surface area contributed by atoms with Gasteiger partial charge in [-0.15, -0.1) is 0 Å². The first-order chi connectivity index (χ1) is 13.2. The van der Waals surface area contributed by atoms with E-state index in [-0.39, 0.29) is 5.78 Å². The summed E-state index contributed by atoms with van der Waals surface area (Å²) in [5, 5.41) is 1.08. The second kappa shape index (κ2) is 7.60. The fourth-order valence-electron chi connectivity index (χ4n) is 3.31. The smallest absolute Gasteiger partial charge is 0.185 e. The highest BCUT2D eigenvalue weighted by molar-refractivity contribution is 6.08. The molecule has 27 heavy (non-hydrogen) atoms. The molecule has 2 aromatic carbocycles. The van der Waals surface area contributed by atoms with Crippen molar-refractivity contribution in [3.05, 3.63) is 71.9 Å². The first kappa shape index (κ1) is 17.2. The lowest BCUT2D eigenvalue weighted by molar-refractivity contribution is 0.104. The molecule has 136 valence electrons.